The lowest BCUT2D eigenvalue weighted by atomic mass is 10.1. The van der Waals surface area contributed by atoms with Gasteiger partial charge in [0.25, 0.3) is 5.91 Å². The number of aromatic nitrogens is 2. The van der Waals surface area contributed by atoms with E-state index in [1.165, 1.54) is 0 Å². The van der Waals surface area contributed by atoms with E-state index in [9.17, 15) is 4.79 Å². The fourth-order valence-electron chi connectivity index (χ4n) is 2.78. The molecule has 1 unspecified atom stereocenters. The van der Waals surface area contributed by atoms with Crippen LogP contribution in [0.2, 0.25) is 0 Å². The van der Waals surface area contributed by atoms with Crippen molar-refractivity contribution in [3.63, 3.8) is 0 Å². The number of hydrogen-bond acceptors (Lipinski definition) is 4. The maximum Gasteiger partial charge on any atom is 0.271 e. The Kier molecular flexibility index (Phi) is 4.61. The quantitative estimate of drug-likeness (QED) is 0.775. The summed E-state index contributed by atoms with van der Waals surface area (Å²) in [4.78, 5) is 17.0. The summed E-state index contributed by atoms with van der Waals surface area (Å²) < 4.78 is 12.5. The summed E-state index contributed by atoms with van der Waals surface area (Å²) in [5.41, 5.74) is 2.99. The molecule has 130 valence electrons. The van der Waals surface area contributed by atoms with Crippen molar-refractivity contribution < 1.29 is 14.3 Å². The van der Waals surface area contributed by atoms with E-state index >= 15 is 0 Å². The molecule has 3 rings (SSSR count). The van der Waals surface area contributed by atoms with E-state index in [4.69, 9.17) is 9.47 Å². The van der Waals surface area contributed by atoms with E-state index in [1.807, 2.05) is 54.6 Å². The van der Waals surface area contributed by atoms with Crippen LogP contribution in [0.25, 0.3) is 5.65 Å². The van der Waals surface area contributed by atoms with Crippen molar-refractivity contribution in [2.75, 3.05) is 14.2 Å². The van der Waals surface area contributed by atoms with E-state index in [-0.39, 0.29) is 11.9 Å². The summed E-state index contributed by atoms with van der Waals surface area (Å²) in [6, 6.07) is 11.0. The van der Waals surface area contributed by atoms with Gasteiger partial charge in [-0.3, -0.25) is 4.79 Å². The molecule has 1 amide bonds. The molecule has 6 heteroatoms. The van der Waals surface area contributed by atoms with E-state index in [1.54, 1.807) is 20.4 Å². The number of amides is 1. The lowest BCUT2D eigenvalue weighted by molar-refractivity contribution is 0.0935. The van der Waals surface area contributed by atoms with Crippen LogP contribution < -0.4 is 14.8 Å². The van der Waals surface area contributed by atoms with Crippen molar-refractivity contribution in [3.05, 3.63) is 59.5 Å². The Morgan fingerprint density at radius 2 is 2.00 bits per heavy atom. The number of benzene rings is 1. The number of pyridine rings is 1. The van der Waals surface area contributed by atoms with Crippen LogP contribution in [0.4, 0.5) is 0 Å². The molecule has 0 aliphatic carbocycles. The third-order valence-electron chi connectivity index (χ3n) is 4.18. The second kappa shape index (κ2) is 6.84. The molecule has 1 N–H and O–H groups in total. The summed E-state index contributed by atoms with van der Waals surface area (Å²) in [5, 5.41) is 2.97. The van der Waals surface area contributed by atoms with Crippen LogP contribution in [-0.4, -0.2) is 29.5 Å². The Morgan fingerprint density at radius 1 is 1.20 bits per heavy atom. The van der Waals surface area contributed by atoms with Gasteiger partial charge in [-0.2, -0.15) is 0 Å². The predicted octanol–water partition coefficient (Wildman–Crippen LogP) is 3.15. The van der Waals surface area contributed by atoms with Crippen molar-refractivity contribution in [1.29, 1.82) is 0 Å². The number of imidazole rings is 1. The Balaban J connectivity index is 1.85. The maximum absolute atomic E-state index is 12.6. The van der Waals surface area contributed by atoms with Gasteiger partial charge in [-0.05, 0) is 44.2 Å². The molecule has 1 atom stereocenters. The Morgan fingerprint density at radius 3 is 2.68 bits per heavy atom. The SMILES string of the molecule is COc1ccc(OC)c(C(C)NC(=O)c2cn3c(C)cccc3n2)c1. The van der Waals surface area contributed by atoms with Gasteiger partial charge >= 0.3 is 0 Å². The van der Waals surface area contributed by atoms with Gasteiger partial charge in [0.05, 0.1) is 20.3 Å². The molecule has 25 heavy (non-hydrogen) atoms. The predicted molar refractivity (Wildman–Crippen MR) is 95.4 cm³/mol. The first kappa shape index (κ1) is 16.8. The first-order chi connectivity index (χ1) is 12.0. The number of methoxy groups -OCH3 is 2. The number of rotatable bonds is 5. The van der Waals surface area contributed by atoms with Gasteiger partial charge in [0, 0.05) is 17.5 Å². The van der Waals surface area contributed by atoms with Crippen molar-refractivity contribution in [2.45, 2.75) is 19.9 Å². The third kappa shape index (κ3) is 3.28. The number of ether oxygens (including phenoxy) is 2. The highest BCUT2D eigenvalue weighted by atomic mass is 16.5. The van der Waals surface area contributed by atoms with Crippen molar-refractivity contribution in [3.8, 4) is 11.5 Å². The monoisotopic (exact) mass is 339 g/mol. The van der Waals surface area contributed by atoms with Gasteiger partial charge in [0.15, 0.2) is 0 Å². The lowest BCUT2D eigenvalue weighted by Gasteiger charge is -2.17. The van der Waals surface area contributed by atoms with Crippen LogP contribution in [0.1, 0.15) is 34.7 Å². The van der Waals surface area contributed by atoms with Crippen molar-refractivity contribution in [1.82, 2.24) is 14.7 Å². The number of aryl methyl sites for hydroxylation is 1. The highest BCUT2D eigenvalue weighted by Gasteiger charge is 2.18. The molecule has 0 saturated carbocycles. The zero-order chi connectivity index (χ0) is 18.0. The van der Waals surface area contributed by atoms with Crippen LogP contribution in [-0.2, 0) is 0 Å². The molecule has 0 aliphatic rings. The third-order valence-corrected chi connectivity index (χ3v) is 4.18. The standard InChI is InChI=1S/C19H21N3O3/c1-12-6-5-7-18-21-16(11-22(12)18)19(23)20-13(2)15-10-14(24-3)8-9-17(15)25-4/h5-11,13H,1-4H3,(H,20,23). The highest BCUT2D eigenvalue weighted by Crippen LogP contribution is 2.29. The van der Waals surface area contributed by atoms with E-state index in [2.05, 4.69) is 10.3 Å². The van der Waals surface area contributed by atoms with Crippen LogP contribution >= 0.6 is 0 Å². The summed E-state index contributed by atoms with van der Waals surface area (Å²) in [6.45, 7) is 3.87. The van der Waals surface area contributed by atoms with Crippen LogP contribution in [0.15, 0.2) is 42.6 Å². The average molecular weight is 339 g/mol. The molecule has 1 aromatic carbocycles. The molecule has 3 aromatic rings. The van der Waals surface area contributed by atoms with Gasteiger partial charge < -0.3 is 19.2 Å². The van der Waals surface area contributed by atoms with Gasteiger partial charge in [-0.25, -0.2) is 4.98 Å². The largest absolute Gasteiger partial charge is 0.497 e. The number of hydrogen-bond donors (Lipinski definition) is 1. The second-order valence-corrected chi connectivity index (χ2v) is 5.82. The molecular weight excluding hydrogens is 318 g/mol. The molecule has 0 fully saturated rings. The summed E-state index contributed by atoms with van der Waals surface area (Å²) in [7, 11) is 3.21. The van der Waals surface area contributed by atoms with E-state index in [0.29, 0.717) is 17.2 Å². The van der Waals surface area contributed by atoms with Crippen molar-refractivity contribution in [2.24, 2.45) is 0 Å². The van der Waals surface area contributed by atoms with Gasteiger partial charge in [0.1, 0.15) is 22.8 Å². The summed E-state index contributed by atoms with van der Waals surface area (Å²) >= 11 is 0. The summed E-state index contributed by atoms with van der Waals surface area (Å²) in [6.07, 6.45) is 1.75. The lowest BCUT2D eigenvalue weighted by Crippen LogP contribution is -2.27. The Labute approximate surface area is 146 Å². The maximum atomic E-state index is 12.6. The molecule has 0 radical (unpaired) electrons. The van der Waals surface area contributed by atoms with E-state index in [0.717, 1.165) is 16.9 Å². The smallest absolute Gasteiger partial charge is 0.271 e. The van der Waals surface area contributed by atoms with Gasteiger partial charge in [-0.1, -0.05) is 6.07 Å². The molecule has 0 saturated heterocycles. The van der Waals surface area contributed by atoms with Gasteiger partial charge in [0.2, 0.25) is 0 Å². The second-order valence-electron chi connectivity index (χ2n) is 5.82. The highest BCUT2D eigenvalue weighted by molar-refractivity contribution is 5.93. The van der Waals surface area contributed by atoms with Crippen LogP contribution in [0.5, 0.6) is 11.5 Å². The van der Waals surface area contributed by atoms with E-state index < -0.39 is 0 Å². The minimum absolute atomic E-state index is 0.236. The number of nitrogens with one attached hydrogen (secondary N) is 1. The fourth-order valence-corrected chi connectivity index (χ4v) is 2.78. The number of carbonyl (C=O) groups is 1. The molecule has 0 aliphatic heterocycles. The minimum atomic E-state index is -0.261. The molecule has 2 heterocycles. The zero-order valence-corrected chi connectivity index (χ0v) is 14.7. The number of fused-ring (bicyclic) bond motifs is 1. The topological polar surface area (TPSA) is 64.9 Å². The molecule has 2 aromatic heterocycles. The zero-order valence-electron chi connectivity index (χ0n) is 14.7. The Bertz CT molecular complexity index is 917. The number of carbonyl (C=O) groups excluding carboxylic acids is 1. The van der Waals surface area contributed by atoms with Gasteiger partial charge in [-0.15, -0.1) is 0 Å². The molecule has 0 bridgehead atoms. The Hall–Kier alpha value is -3.02. The molecule has 0 spiro atoms. The summed E-state index contributed by atoms with van der Waals surface area (Å²) in [5.74, 6) is 1.17. The van der Waals surface area contributed by atoms with Crippen LogP contribution in [0.3, 0.4) is 0 Å². The number of nitrogens with zero attached hydrogens (tertiary/aromatic N) is 2. The van der Waals surface area contributed by atoms with Crippen molar-refractivity contribution >= 4 is 11.6 Å². The minimum Gasteiger partial charge on any atom is -0.497 e. The molecule has 6 nitrogen and oxygen atoms in total. The average Bonchev–Trinajstić information content (AvgIpc) is 3.07. The molecular formula is C19H21N3O3. The van der Waals surface area contributed by atoms with Crippen LogP contribution in [0, 0.1) is 6.92 Å². The normalized spacial score (nSPS) is 12.0. The first-order valence-corrected chi connectivity index (χ1v) is 8.01. The fraction of sp³-hybridized carbons (Fsp3) is 0.263. The first-order valence-electron chi connectivity index (χ1n) is 8.01.